The molecule has 2 aliphatic heterocycles. The molecule has 0 radical (unpaired) electrons. The van der Waals surface area contributed by atoms with Gasteiger partial charge in [0.25, 0.3) is 11.8 Å². The largest absolute Gasteiger partial charge is 0.508 e. The van der Waals surface area contributed by atoms with Crippen molar-refractivity contribution in [2.24, 2.45) is 0 Å². The van der Waals surface area contributed by atoms with Gasteiger partial charge in [0.1, 0.15) is 11.6 Å². The molecule has 1 fully saturated rings. The van der Waals surface area contributed by atoms with Crippen molar-refractivity contribution in [1.29, 1.82) is 0 Å². The fourth-order valence-electron chi connectivity index (χ4n) is 7.60. The van der Waals surface area contributed by atoms with Crippen molar-refractivity contribution in [2.75, 3.05) is 44.7 Å². The molecule has 8 nitrogen and oxygen atoms in total. The summed E-state index contributed by atoms with van der Waals surface area (Å²) in [5, 5.41) is 11.1. The van der Waals surface area contributed by atoms with Gasteiger partial charge in [0.05, 0.1) is 22.3 Å². The first-order valence-electron chi connectivity index (χ1n) is 17.8. The van der Waals surface area contributed by atoms with Crippen LogP contribution in [0.5, 0.6) is 5.75 Å². The third kappa shape index (κ3) is 6.91. The molecule has 2 amide bonds. The summed E-state index contributed by atoms with van der Waals surface area (Å²) in [4.78, 5) is 38.0. The van der Waals surface area contributed by atoms with Crippen molar-refractivity contribution in [3.05, 3.63) is 155 Å². The molecule has 0 aliphatic carbocycles. The minimum absolute atomic E-state index is 0.0301. The molecule has 53 heavy (non-hydrogen) atoms. The van der Waals surface area contributed by atoms with E-state index in [-0.39, 0.29) is 23.6 Å². The van der Waals surface area contributed by atoms with E-state index in [9.17, 15) is 19.1 Å². The molecule has 0 unspecified atom stereocenters. The van der Waals surface area contributed by atoms with Crippen molar-refractivity contribution in [1.82, 2.24) is 19.3 Å². The zero-order chi connectivity index (χ0) is 36.6. The highest BCUT2D eigenvalue weighted by Crippen LogP contribution is 2.35. The number of hydrogen-bond acceptors (Lipinski definition) is 5. The summed E-state index contributed by atoms with van der Waals surface area (Å²) < 4.78 is 15.9. The summed E-state index contributed by atoms with van der Waals surface area (Å²) in [5.41, 5.74) is 5.48. The fraction of sp³-hybridized carbons (Fsp3) is 0.209. The Bertz CT molecular complexity index is 2250. The Labute approximate surface area is 312 Å². The average Bonchev–Trinajstić information content (AvgIpc) is 3.56. The topological polar surface area (TPSA) is 72.3 Å². The van der Waals surface area contributed by atoms with Gasteiger partial charge in [-0.25, -0.2) is 4.39 Å². The summed E-state index contributed by atoms with van der Waals surface area (Å²) >= 11 is 6.67. The number of para-hydroxylation sites is 1. The zero-order valence-corrected chi connectivity index (χ0v) is 30.1. The molecule has 0 saturated carbocycles. The Morgan fingerprint density at radius 3 is 2.21 bits per heavy atom. The Morgan fingerprint density at radius 1 is 0.811 bits per heavy atom. The first-order valence-corrected chi connectivity index (χ1v) is 18.2. The van der Waals surface area contributed by atoms with Gasteiger partial charge in [-0.05, 0) is 97.4 Å². The number of hydrogen-bond donors (Lipinski definition) is 1. The number of carbonyl (C=O) groups excluding carboxylic acids is 2. The molecule has 1 aromatic heterocycles. The predicted octanol–water partition coefficient (Wildman–Crippen LogP) is 7.92. The number of rotatable bonds is 7. The van der Waals surface area contributed by atoms with E-state index in [2.05, 4.69) is 35.0 Å². The van der Waals surface area contributed by atoms with E-state index in [1.54, 1.807) is 48.7 Å². The maximum atomic E-state index is 14.9. The van der Waals surface area contributed by atoms with Gasteiger partial charge in [-0.15, -0.1) is 0 Å². The predicted molar refractivity (Wildman–Crippen MR) is 207 cm³/mol. The van der Waals surface area contributed by atoms with Gasteiger partial charge in [0.2, 0.25) is 0 Å². The van der Waals surface area contributed by atoms with Crippen LogP contribution in [0.2, 0.25) is 5.02 Å². The number of aromatic nitrogens is 1. The summed E-state index contributed by atoms with van der Waals surface area (Å²) in [7, 11) is 2.14. The molecular weight excluding hydrogens is 689 g/mol. The zero-order valence-electron chi connectivity index (χ0n) is 29.3. The number of halogens is 2. The number of benzene rings is 5. The molecule has 5 aromatic carbocycles. The number of anilines is 2. The molecule has 0 spiro atoms. The van der Waals surface area contributed by atoms with Crippen molar-refractivity contribution < 1.29 is 19.1 Å². The van der Waals surface area contributed by atoms with Crippen molar-refractivity contribution >= 4 is 45.7 Å². The number of amides is 2. The molecule has 6 aromatic rings. The van der Waals surface area contributed by atoms with Crippen LogP contribution in [0.3, 0.4) is 0 Å². The second-order valence-corrected chi connectivity index (χ2v) is 14.3. The standard InChI is InChI=1S/C43H39ClFN5O3/c1-46-20-22-47(23-21-46)27-35-24-29-6-2-3-7-30(29)26-48(35)42(52)38-19-10-31(44)25-41(38)49-28-39(37-8-4-5-9-40(37)49)43(53)50(33-13-11-32(45)12-14-33)34-15-17-36(51)18-16-34/h2-19,25,28,35,51H,20-24,26-27H2,1H3/t35-/m0/s1. The minimum atomic E-state index is -0.426. The smallest absolute Gasteiger partial charge is 0.265 e. The molecular formula is C43H39ClFN5O3. The number of phenolic OH excluding ortho intramolecular Hbond substituents is 1. The van der Waals surface area contributed by atoms with Gasteiger partial charge < -0.3 is 19.5 Å². The molecule has 1 saturated heterocycles. The van der Waals surface area contributed by atoms with Crippen LogP contribution in [0.15, 0.2) is 121 Å². The van der Waals surface area contributed by atoms with Gasteiger partial charge in [-0.3, -0.25) is 19.4 Å². The first-order chi connectivity index (χ1) is 25.7. The third-order valence-electron chi connectivity index (χ3n) is 10.5. The number of fused-ring (bicyclic) bond motifs is 2. The average molecular weight is 728 g/mol. The molecule has 10 heteroatoms. The van der Waals surface area contributed by atoms with Crippen LogP contribution in [0.25, 0.3) is 16.6 Å². The molecule has 268 valence electrons. The van der Waals surface area contributed by atoms with Crippen LogP contribution in [-0.2, 0) is 13.0 Å². The Balaban J connectivity index is 1.21. The van der Waals surface area contributed by atoms with E-state index < -0.39 is 5.82 Å². The lowest BCUT2D eigenvalue weighted by Crippen LogP contribution is -2.53. The molecule has 2 aliphatic rings. The van der Waals surface area contributed by atoms with Crippen LogP contribution in [0.4, 0.5) is 15.8 Å². The van der Waals surface area contributed by atoms with Gasteiger partial charge >= 0.3 is 0 Å². The van der Waals surface area contributed by atoms with Gasteiger partial charge in [0.15, 0.2) is 0 Å². The normalized spacial score (nSPS) is 16.4. The fourth-order valence-corrected chi connectivity index (χ4v) is 7.77. The van der Waals surface area contributed by atoms with Gasteiger partial charge in [0, 0.05) is 73.3 Å². The monoisotopic (exact) mass is 727 g/mol. The van der Waals surface area contributed by atoms with E-state index in [1.165, 1.54) is 34.7 Å². The summed E-state index contributed by atoms with van der Waals surface area (Å²) in [6.07, 6.45) is 2.51. The summed E-state index contributed by atoms with van der Waals surface area (Å²) in [6.45, 7) is 5.16. The number of likely N-dealkylation sites (N-methyl/N-ethyl adjacent to an activating group) is 1. The molecule has 0 bridgehead atoms. The number of carbonyl (C=O) groups is 2. The van der Waals surface area contributed by atoms with Crippen LogP contribution in [0, 0.1) is 5.82 Å². The Morgan fingerprint density at radius 2 is 1.47 bits per heavy atom. The SMILES string of the molecule is CN1CCN(C[C@@H]2Cc3ccccc3CN2C(=O)c2ccc(Cl)cc2-n2cc(C(=O)N(c3ccc(O)cc3)c3ccc(F)cc3)c3ccccc32)CC1. The number of aromatic hydroxyl groups is 1. The molecule has 8 rings (SSSR count). The number of piperazine rings is 1. The quantitative estimate of drug-likeness (QED) is 0.181. The van der Waals surface area contributed by atoms with Crippen LogP contribution in [-0.4, -0.2) is 82.0 Å². The van der Waals surface area contributed by atoms with E-state index in [4.69, 9.17) is 11.6 Å². The Hall–Kier alpha value is -5.48. The van der Waals surface area contributed by atoms with Crippen molar-refractivity contribution in [2.45, 2.75) is 19.0 Å². The highest BCUT2D eigenvalue weighted by atomic mass is 35.5. The molecule has 3 heterocycles. The summed E-state index contributed by atoms with van der Waals surface area (Å²) in [5.74, 6) is -0.845. The van der Waals surface area contributed by atoms with Crippen molar-refractivity contribution in [3.8, 4) is 11.4 Å². The van der Waals surface area contributed by atoms with Crippen molar-refractivity contribution in [3.63, 3.8) is 0 Å². The van der Waals surface area contributed by atoms with Crippen LogP contribution in [0.1, 0.15) is 31.8 Å². The van der Waals surface area contributed by atoms with Gasteiger partial charge in [-0.2, -0.15) is 0 Å². The second kappa shape index (κ2) is 14.5. The summed E-state index contributed by atoms with van der Waals surface area (Å²) in [6, 6.07) is 33.1. The molecule has 1 N–H and O–H groups in total. The maximum absolute atomic E-state index is 14.9. The van der Waals surface area contributed by atoms with E-state index in [0.29, 0.717) is 45.1 Å². The second-order valence-electron chi connectivity index (χ2n) is 13.9. The van der Waals surface area contributed by atoms with Crippen LogP contribution < -0.4 is 4.90 Å². The number of nitrogens with zero attached hydrogens (tertiary/aromatic N) is 5. The lowest BCUT2D eigenvalue weighted by atomic mass is 9.92. The van der Waals surface area contributed by atoms with Crippen LogP contribution >= 0.6 is 11.6 Å². The lowest BCUT2D eigenvalue weighted by molar-refractivity contribution is 0.0536. The third-order valence-corrected chi connectivity index (χ3v) is 10.7. The van der Waals surface area contributed by atoms with E-state index >= 15 is 0 Å². The van der Waals surface area contributed by atoms with E-state index in [0.717, 1.165) is 50.2 Å². The highest BCUT2D eigenvalue weighted by Gasteiger charge is 2.34. The molecule has 1 atom stereocenters. The maximum Gasteiger partial charge on any atom is 0.265 e. The Kier molecular flexibility index (Phi) is 9.47. The lowest BCUT2D eigenvalue weighted by Gasteiger charge is -2.41. The van der Waals surface area contributed by atoms with E-state index in [1.807, 2.05) is 39.8 Å². The number of phenols is 1. The minimum Gasteiger partial charge on any atom is -0.508 e. The van der Waals surface area contributed by atoms with Gasteiger partial charge in [-0.1, -0.05) is 54.1 Å². The highest BCUT2D eigenvalue weighted by molar-refractivity contribution is 6.31. The first kappa shape index (κ1) is 34.6.